The fourth-order valence-corrected chi connectivity index (χ4v) is 3.66. The Labute approximate surface area is 113 Å². The fraction of sp³-hybridized carbons (Fsp3) is 0.533. The van der Waals surface area contributed by atoms with Crippen molar-refractivity contribution >= 4 is 17.7 Å². The average molecular weight is 264 g/mol. The van der Waals surface area contributed by atoms with Crippen molar-refractivity contribution < 1.29 is 9.90 Å². The van der Waals surface area contributed by atoms with E-state index in [1.165, 1.54) is 16.7 Å². The first-order valence-corrected chi connectivity index (χ1v) is 7.52. The van der Waals surface area contributed by atoms with Gasteiger partial charge >= 0.3 is 5.97 Å². The molecule has 0 spiro atoms. The average Bonchev–Trinajstić information content (AvgIpc) is 3.02. The molecule has 0 bridgehead atoms. The van der Waals surface area contributed by atoms with Gasteiger partial charge in [-0.15, -0.1) is 0 Å². The van der Waals surface area contributed by atoms with Crippen molar-refractivity contribution in [1.82, 2.24) is 0 Å². The van der Waals surface area contributed by atoms with Crippen LogP contribution in [0.2, 0.25) is 0 Å². The van der Waals surface area contributed by atoms with E-state index in [1.54, 1.807) is 0 Å². The first-order chi connectivity index (χ1) is 8.51. The van der Waals surface area contributed by atoms with Crippen LogP contribution in [0.3, 0.4) is 0 Å². The molecule has 18 heavy (non-hydrogen) atoms. The Hall–Kier alpha value is -0.960. The summed E-state index contributed by atoms with van der Waals surface area (Å²) in [5.41, 5.74) is 4.11. The maximum Gasteiger partial charge on any atom is 0.303 e. The lowest BCUT2D eigenvalue weighted by molar-refractivity contribution is -0.138. The number of aryl methyl sites for hydroxylation is 2. The number of aliphatic carboxylic acids is 1. The number of benzene rings is 1. The molecule has 0 atom stereocenters. The summed E-state index contributed by atoms with van der Waals surface area (Å²) in [7, 11) is 0. The summed E-state index contributed by atoms with van der Waals surface area (Å²) in [4.78, 5) is 10.8. The van der Waals surface area contributed by atoms with Crippen molar-refractivity contribution in [2.24, 2.45) is 5.41 Å². The zero-order valence-electron chi connectivity index (χ0n) is 11.0. The standard InChI is InChI=1S/C15H20O2S/c1-11-3-4-12(2)13(7-11)9-18-10-15(5-6-15)8-14(16)17/h3-4,7H,5-6,8-10H2,1-2H3,(H,16,17). The summed E-state index contributed by atoms with van der Waals surface area (Å²) in [6, 6.07) is 6.53. The Morgan fingerprint density at radius 3 is 2.72 bits per heavy atom. The molecule has 0 radical (unpaired) electrons. The molecule has 1 aromatic rings. The normalized spacial score (nSPS) is 16.6. The second kappa shape index (κ2) is 5.35. The number of rotatable bonds is 6. The lowest BCUT2D eigenvalue weighted by Crippen LogP contribution is -2.11. The molecule has 1 N–H and O–H groups in total. The number of hydrogen-bond acceptors (Lipinski definition) is 2. The van der Waals surface area contributed by atoms with Gasteiger partial charge in [0.15, 0.2) is 0 Å². The van der Waals surface area contributed by atoms with Crippen molar-refractivity contribution in [3.8, 4) is 0 Å². The van der Waals surface area contributed by atoms with Crippen LogP contribution in [-0.2, 0) is 10.5 Å². The van der Waals surface area contributed by atoms with Crippen LogP contribution in [0.15, 0.2) is 18.2 Å². The van der Waals surface area contributed by atoms with E-state index in [-0.39, 0.29) is 5.41 Å². The van der Waals surface area contributed by atoms with Crippen LogP contribution >= 0.6 is 11.8 Å². The summed E-state index contributed by atoms with van der Waals surface area (Å²) in [6.45, 7) is 4.25. The van der Waals surface area contributed by atoms with Crippen LogP contribution in [0.25, 0.3) is 0 Å². The summed E-state index contributed by atoms with van der Waals surface area (Å²) >= 11 is 1.88. The molecule has 1 aromatic carbocycles. The predicted octanol–water partition coefficient (Wildman–Crippen LogP) is 3.79. The van der Waals surface area contributed by atoms with E-state index in [1.807, 2.05) is 11.8 Å². The summed E-state index contributed by atoms with van der Waals surface area (Å²) in [5, 5.41) is 8.88. The van der Waals surface area contributed by atoms with Gasteiger partial charge in [0.05, 0.1) is 6.42 Å². The minimum absolute atomic E-state index is 0.105. The van der Waals surface area contributed by atoms with Gasteiger partial charge in [-0.05, 0) is 49.0 Å². The Morgan fingerprint density at radius 2 is 2.11 bits per heavy atom. The van der Waals surface area contributed by atoms with E-state index in [9.17, 15) is 4.79 Å². The molecule has 1 aliphatic carbocycles. The number of hydrogen-bond donors (Lipinski definition) is 1. The van der Waals surface area contributed by atoms with Crippen LogP contribution in [0, 0.1) is 19.3 Å². The molecule has 1 saturated carbocycles. The van der Waals surface area contributed by atoms with E-state index >= 15 is 0 Å². The van der Waals surface area contributed by atoms with E-state index in [0.717, 1.165) is 24.3 Å². The summed E-state index contributed by atoms with van der Waals surface area (Å²) in [5.74, 6) is 1.32. The third kappa shape index (κ3) is 3.52. The van der Waals surface area contributed by atoms with Crippen molar-refractivity contribution in [2.45, 2.75) is 38.9 Å². The zero-order valence-corrected chi connectivity index (χ0v) is 11.8. The van der Waals surface area contributed by atoms with Gasteiger partial charge in [-0.2, -0.15) is 11.8 Å². The van der Waals surface area contributed by atoms with Gasteiger partial charge in [0.1, 0.15) is 0 Å². The minimum atomic E-state index is -0.653. The summed E-state index contributed by atoms with van der Waals surface area (Å²) in [6.07, 6.45) is 2.50. The third-order valence-corrected chi connectivity index (χ3v) is 4.99. The van der Waals surface area contributed by atoms with E-state index in [2.05, 4.69) is 32.0 Å². The minimum Gasteiger partial charge on any atom is -0.481 e. The number of thioether (sulfide) groups is 1. The van der Waals surface area contributed by atoms with Gasteiger partial charge in [-0.3, -0.25) is 4.79 Å². The van der Waals surface area contributed by atoms with Crippen LogP contribution < -0.4 is 0 Å². The lowest BCUT2D eigenvalue weighted by Gasteiger charge is -2.13. The maximum absolute atomic E-state index is 10.8. The Kier molecular flexibility index (Phi) is 4.00. The maximum atomic E-state index is 10.8. The predicted molar refractivity (Wildman–Crippen MR) is 76.0 cm³/mol. The molecule has 1 fully saturated rings. The van der Waals surface area contributed by atoms with Crippen molar-refractivity contribution in [3.05, 3.63) is 34.9 Å². The highest BCUT2D eigenvalue weighted by atomic mass is 32.2. The van der Waals surface area contributed by atoms with Gasteiger partial charge in [-0.1, -0.05) is 23.8 Å². The van der Waals surface area contributed by atoms with E-state index in [0.29, 0.717) is 6.42 Å². The molecule has 0 heterocycles. The van der Waals surface area contributed by atoms with Crippen molar-refractivity contribution in [1.29, 1.82) is 0 Å². The number of carboxylic acid groups (broad SMARTS) is 1. The highest BCUT2D eigenvalue weighted by Crippen LogP contribution is 2.51. The van der Waals surface area contributed by atoms with Crippen LogP contribution in [0.4, 0.5) is 0 Å². The Morgan fingerprint density at radius 1 is 1.39 bits per heavy atom. The van der Waals surface area contributed by atoms with Crippen LogP contribution in [-0.4, -0.2) is 16.8 Å². The highest BCUT2D eigenvalue weighted by Gasteiger charge is 2.43. The van der Waals surface area contributed by atoms with Gasteiger partial charge in [0.25, 0.3) is 0 Å². The summed E-state index contributed by atoms with van der Waals surface area (Å²) < 4.78 is 0. The Bertz CT molecular complexity index is 450. The molecule has 0 aromatic heterocycles. The molecule has 3 heteroatoms. The molecule has 0 amide bonds. The van der Waals surface area contributed by atoms with Gasteiger partial charge in [0.2, 0.25) is 0 Å². The lowest BCUT2D eigenvalue weighted by atomic mass is 10.1. The van der Waals surface area contributed by atoms with Crippen LogP contribution in [0.1, 0.15) is 36.0 Å². The van der Waals surface area contributed by atoms with E-state index in [4.69, 9.17) is 5.11 Å². The van der Waals surface area contributed by atoms with Gasteiger partial charge < -0.3 is 5.11 Å². The quantitative estimate of drug-likeness (QED) is 0.849. The van der Waals surface area contributed by atoms with Crippen molar-refractivity contribution in [3.63, 3.8) is 0 Å². The molecule has 1 aliphatic rings. The molecular formula is C15H20O2S. The molecule has 2 rings (SSSR count). The van der Waals surface area contributed by atoms with Crippen molar-refractivity contribution in [2.75, 3.05) is 5.75 Å². The molecular weight excluding hydrogens is 244 g/mol. The third-order valence-electron chi connectivity index (χ3n) is 3.65. The molecule has 0 aliphatic heterocycles. The first kappa shape index (κ1) is 13.5. The molecule has 0 saturated heterocycles. The van der Waals surface area contributed by atoms with Gasteiger partial charge in [0, 0.05) is 5.75 Å². The topological polar surface area (TPSA) is 37.3 Å². The second-order valence-electron chi connectivity index (χ2n) is 5.49. The fourth-order valence-electron chi connectivity index (χ4n) is 2.20. The van der Waals surface area contributed by atoms with Gasteiger partial charge in [-0.25, -0.2) is 0 Å². The molecule has 2 nitrogen and oxygen atoms in total. The second-order valence-corrected chi connectivity index (χ2v) is 6.48. The SMILES string of the molecule is Cc1ccc(C)c(CSCC2(CC(=O)O)CC2)c1. The van der Waals surface area contributed by atoms with E-state index < -0.39 is 5.97 Å². The first-order valence-electron chi connectivity index (χ1n) is 6.36. The molecule has 0 unspecified atom stereocenters. The monoisotopic (exact) mass is 264 g/mol. The highest BCUT2D eigenvalue weighted by molar-refractivity contribution is 7.98. The largest absolute Gasteiger partial charge is 0.481 e. The number of carbonyl (C=O) groups is 1. The Balaban J connectivity index is 1.85. The number of carboxylic acids is 1. The van der Waals surface area contributed by atoms with Crippen LogP contribution in [0.5, 0.6) is 0 Å². The smallest absolute Gasteiger partial charge is 0.303 e. The molecule has 98 valence electrons. The zero-order chi connectivity index (χ0) is 13.2.